The van der Waals surface area contributed by atoms with E-state index >= 15 is 0 Å². The molecular formula is C15H16F2N2O. The van der Waals surface area contributed by atoms with Gasteiger partial charge < -0.3 is 10.1 Å². The topological polar surface area (TPSA) is 34.1 Å². The molecule has 2 aromatic rings. The van der Waals surface area contributed by atoms with Gasteiger partial charge in [0.2, 0.25) is 0 Å². The molecule has 5 heteroatoms. The quantitative estimate of drug-likeness (QED) is 0.876. The summed E-state index contributed by atoms with van der Waals surface area (Å²) in [5.74, 6) is 1.23. The highest BCUT2D eigenvalue weighted by Crippen LogP contribution is 2.15. The minimum Gasteiger partial charge on any atom is -0.488 e. The average molecular weight is 278 g/mol. The molecular weight excluding hydrogens is 262 g/mol. The van der Waals surface area contributed by atoms with Crippen LogP contribution < -0.4 is 10.1 Å². The number of aromatic nitrogens is 1. The highest BCUT2D eigenvalue weighted by atomic mass is 19.3. The average Bonchev–Trinajstić information content (AvgIpc) is 2.43. The second-order valence-electron chi connectivity index (χ2n) is 4.37. The highest BCUT2D eigenvalue weighted by Gasteiger charge is 2.04. The summed E-state index contributed by atoms with van der Waals surface area (Å²) in [6.07, 6.45) is -2.46. The van der Waals surface area contributed by atoms with Crippen LogP contribution in [-0.2, 0) is 6.54 Å². The van der Waals surface area contributed by atoms with Crippen molar-refractivity contribution in [3.8, 4) is 5.75 Å². The van der Waals surface area contributed by atoms with E-state index in [4.69, 9.17) is 4.74 Å². The maximum Gasteiger partial charge on any atom is 0.272 e. The Morgan fingerprint density at radius 2 is 2.00 bits per heavy atom. The van der Waals surface area contributed by atoms with Crippen molar-refractivity contribution >= 4 is 5.82 Å². The van der Waals surface area contributed by atoms with Crippen LogP contribution >= 0.6 is 0 Å². The lowest BCUT2D eigenvalue weighted by molar-refractivity contribution is 0.0818. The van der Waals surface area contributed by atoms with Crippen molar-refractivity contribution in [1.29, 1.82) is 0 Å². The molecule has 0 bridgehead atoms. The maximum absolute atomic E-state index is 12.1. The molecule has 106 valence electrons. The summed E-state index contributed by atoms with van der Waals surface area (Å²) < 4.78 is 29.2. The van der Waals surface area contributed by atoms with Gasteiger partial charge in [-0.25, -0.2) is 13.8 Å². The van der Waals surface area contributed by atoms with Crippen LogP contribution in [0.5, 0.6) is 5.75 Å². The SMILES string of the molecule is Cc1cccc(NCc2cccc(OCC(F)F)c2)n1. The molecule has 3 nitrogen and oxygen atoms in total. The monoisotopic (exact) mass is 278 g/mol. The number of nitrogens with zero attached hydrogens (tertiary/aromatic N) is 1. The summed E-state index contributed by atoms with van der Waals surface area (Å²) in [4.78, 5) is 4.33. The summed E-state index contributed by atoms with van der Waals surface area (Å²) in [5, 5.41) is 3.18. The lowest BCUT2D eigenvalue weighted by atomic mass is 10.2. The number of aryl methyl sites for hydroxylation is 1. The molecule has 0 aliphatic carbocycles. The van der Waals surface area contributed by atoms with E-state index in [2.05, 4.69) is 10.3 Å². The fourth-order valence-electron chi connectivity index (χ4n) is 1.74. The summed E-state index contributed by atoms with van der Waals surface area (Å²) >= 11 is 0. The molecule has 0 saturated heterocycles. The molecule has 0 atom stereocenters. The standard InChI is InChI=1S/C15H16F2N2O/c1-11-4-2-7-15(19-11)18-9-12-5-3-6-13(8-12)20-10-14(16)17/h2-8,14H,9-10H2,1H3,(H,18,19). The Balaban J connectivity index is 1.94. The van der Waals surface area contributed by atoms with E-state index < -0.39 is 13.0 Å². The smallest absolute Gasteiger partial charge is 0.272 e. The molecule has 0 amide bonds. The Hall–Kier alpha value is -2.17. The Labute approximate surface area is 116 Å². The minimum atomic E-state index is -2.46. The first-order valence-electron chi connectivity index (χ1n) is 6.31. The van der Waals surface area contributed by atoms with Crippen LogP contribution in [0.25, 0.3) is 0 Å². The Morgan fingerprint density at radius 3 is 2.75 bits per heavy atom. The molecule has 0 unspecified atom stereocenters. The summed E-state index contributed by atoms with van der Waals surface area (Å²) in [6, 6.07) is 12.8. The molecule has 1 aromatic heterocycles. The lowest BCUT2D eigenvalue weighted by Crippen LogP contribution is -2.07. The molecule has 0 aliphatic rings. The number of halogens is 2. The molecule has 0 fully saturated rings. The van der Waals surface area contributed by atoms with Gasteiger partial charge in [0, 0.05) is 12.2 Å². The predicted octanol–water partition coefficient (Wildman–Crippen LogP) is 3.65. The Morgan fingerprint density at radius 1 is 1.20 bits per heavy atom. The van der Waals surface area contributed by atoms with Crippen LogP contribution in [0.3, 0.4) is 0 Å². The van der Waals surface area contributed by atoms with E-state index in [1.165, 1.54) is 0 Å². The minimum absolute atomic E-state index is 0.446. The summed E-state index contributed by atoms with van der Waals surface area (Å²) in [5.41, 5.74) is 1.88. The van der Waals surface area contributed by atoms with Crippen molar-refractivity contribution in [1.82, 2.24) is 4.98 Å². The molecule has 0 aliphatic heterocycles. The van der Waals surface area contributed by atoms with Gasteiger partial charge in [-0.15, -0.1) is 0 Å². The summed E-state index contributed by atoms with van der Waals surface area (Å²) in [6.45, 7) is 1.89. The van der Waals surface area contributed by atoms with Gasteiger partial charge in [-0.05, 0) is 36.8 Å². The molecule has 1 N–H and O–H groups in total. The first-order chi connectivity index (χ1) is 9.63. The highest BCUT2D eigenvalue weighted by molar-refractivity contribution is 5.37. The summed E-state index contributed by atoms with van der Waals surface area (Å²) in [7, 11) is 0. The van der Waals surface area contributed by atoms with Crippen molar-refractivity contribution in [3.05, 3.63) is 53.7 Å². The zero-order valence-corrected chi connectivity index (χ0v) is 11.1. The second kappa shape index (κ2) is 6.84. The number of ether oxygens (including phenoxy) is 1. The molecule has 0 radical (unpaired) electrons. The van der Waals surface area contributed by atoms with E-state index in [1.54, 1.807) is 18.2 Å². The van der Waals surface area contributed by atoms with Gasteiger partial charge in [0.05, 0.1) is 0 Å². The molecule has 20 heavy (non-hydrogen) atoms. The van der Waals surface area contributed by atoms with Crippen molar-refractivity contribution in [2.75, 3.05) is 11.9 Å². The lowest BCUT2D eigenvalue weighted by Gasteiger charge is -2.09. The van der Waals surface area contributed by atoms with Gasteiger partial charge in [-0.2, -0.15) is 0 Å². The van der Waals surface area contributed by atoms with Crippen LogP contribution in [-0.4, -0.2) is 18.0 Å². The molecule has 1 heterocycles. The van der Waals surface area contributed by atoms with E-state index in [1.807, 2.05) is 31.2 Å². The third-order valence-electron chi connectivity index (χ3n) is 2.64. The van der Waals surface area contributed by atoms with Crippen molar-refractivity contribution in [2.24, 2.45) is 0 Å². The molecule has 2 rings (SSSR count). The third-order valence-corrected chi connectivity index (χ3v) is 2.64. The Bertz CT molecular complexity index is 561. The number of alkyl halides is 2. The third kappa shape index (κ3) is 4.50. The number of hydrogen-bond acceptors (Lipinski definition) is 3. The van der Waals surface area contributed by atoms with Gasteiger partial charge in [0.25, 0.3) is 6.43 Å². The number of anilines is 1. The van der Waals surface area contributed by atoms with Crippen molar-refractivity contribution in [3.63, 3.8) is 0 Å². The zero-order valence-electron chi connectivity index (χ0n) is 11.1. The fraction of sp³-hybridized carbons (Fsp3) is 0.267. The van der Waals surface area contributed by atoms with Gasteiger partial charge >= 0.3 is 0 Å². The van der Waals surface area contributed by atoms with Gasteiger partial charge in [-0.3, -0.25) is 0 Å². The molecule has 1 aromatic carbocycles. The number of benzene rings is 1. The van der Waals surface area contributed by atoms with E-state index in [-0.39, 0.29) is 0 Å². The van der Waals surface area contributed by atoms with Crippen LogP contribution in [0.4, 0.5) is 14.6 Å². The van der Waals surface area contributed by atoms with E-state index in [0.717, 1.165) is 17.1 Å². The van der Waals surface area contributed by atoms with Crippen LogP contribution in [0.2, 0.25) is 0 Å². The van der Waals surface area contributed by atoms with Gasteiger partial charge in [0.1, 0.15) is 18.2 Å². The maximum atomic E-state index is 12.1. The van der Waals surface area contributed by atoms with Crippen LogP contribution in [0.1, 0.15) is 11.3 Å². The predicted molar refractivity (Wildman–Crippen MR) is 74.2 cm³/mol. The Kier molecular flexibility index (Phi) is 4.87. The zero-order chi connectivity index (χ0) is 14.4. The fourth-order valence-corrected chi connectivity index (χ4v) is 1.74. The molecule has 0 saturated carbocycles. The second-order valence-corrected chi connectivity index (χ2v) is 4.37. The van der Waals surface area contributed by atoms with Crippen LogP contribution in [0.15, 0.2) is 42.5 Å². The van der Waals surface area contributed by atoms with Crippen LogP contribution in [0, 0.1) is 6.92 Å². The first kappa shape index (κ1) is 14.2. The van der Waals surface area contributed by atoms with E-state index in [0.29, 0.717) is 12.3 Å². The molecule has 0 spiro atoms. The number of pyridine rings is 1. The van der Waals surface area contributed by atoms with Crippen molar-refractivity contribution in [2.45, 2.75) is 19.9 Å². The van der Waals surface area contributed by atoms with E-state index in [9.17, 15) is 8.78 Å². The number of hydrogen-bond donors (Lipinski definition) is 1. The van der Waals surface area contributed by atoms with Crippen molar-refractivity contribution < 1.29 is 13.5 Å². The first-order valence-corrected chi connectivity index (χ1v) is 6.31. The van der Waals surface area contributed by atoms with Gasteiger partial charge in [-0.1, -0.05) is 18.2 Å². The number of rotatable bonds is 6. The normalized spacial score (nSPS) is 10.6. The van der Waals surface area contributed by atoms with Gasteiger partial charge in [0.15, 0.2) is 0 Å². The largest absolute Gasteiger partial charge is 0.488 e. The number of nitrogens with one attached hydrogen (secondary N) is 1.